The molecule has 0 atom stereocenters. The summed E-state index contributed by atoms with van der Waals surface area (Å²) in [5, 5.41) is -1.13. The lowest BCUT2D eigenvalue weighted by Gasteiger charge is -2.19. The number of carbonyl (C=O) groups is 1. The topological polar surface area (TPSA) is 17.1 Å². The molecule has 0 spiro atoms. The predicted octanol–water partition coefficient (Wildman–Crippen LogP) is 4.37. The molecule has 0 aliphatic carbocycles. The molecule has 8 heteroatoms. The molecule has 0 fully saturated rings. The quantitative estimate of drug-likeness (QED) is 0.584. The van der Waals surface area contributed by atoms with Crippen molar-refractivity contribution >= 4 is 29.0 Å². The summed E-state index contributed by atoms with van der Waals surface area (Å²) in [5.74, 6) is -8.00. The summed E-state index contributed by atoms with van der Waals surface area (Å²) >= 11 is 10.7. The van der Waals surface area contributed by atoms with Crippen LogP contribution in [0.2, 0.25) is 10.0 Å². The lowest BCUT2D eigenvalue weighted by atomic mass is 10.1. The van der Waals surface area contributed by atoms with Crippen LogP contribution in [-0.4, -0.2) is 17.9 Å². The van der Waals surface area contributed by atoms with Crippen LogP contribution in [0.25, 0.3) is 0 Å². The largest absolute Gasteiger partial charge is 0.461 e. The Morgan fingerprint density at radius 3 is 1.76 bits per heavy atom. The second-order valence-corrected chi connectivity index (χ2v) is 3.81. The summed E-state index contributed by atoms with van der Waals surface area (Å²) < 4.78 is 61.5. The highest BCUT2D eigenvalue weighted by Gasteiger charge is 2.63. The molecule has 1 aromatic rings. The van der Waals surface area contributed by atoms with E-state index in [2.05, 4.69) is 0 Å². The van der Waals surface area contributed by atoms with Gasteiger partial charge in [0.1, 0.15) is 0 Å². The molecule has 0 radical (unpaired) electrons. The highest BCUT2D eigenvalue weighted by Crippen LogP contribution is 2.40. The number of halogens is 7. The van der Waals surface area contributed by atoms with Crippen LogP contribution in [0.1, 0.15) is 10.4 Å². The van der Waals surface area contributed by atoms with Crippen molar-refractivity contribution < 1.29 is 26.7 Å². The summed E-state index contributed by atoms with van der Waals surface area (Å²) in [7, 11) is 0. The summed E-state index contributed by atoms with van der Waals surface area (Å²) in [4.78, 5) is 11.1. The van der Waals surface area contributed by atoms with E-state index in [4.69, 9.17) is 23.2 Å². The molecule has 1 rings (SSSR count). The summed E-state index contributed by atoms with van der Waals surface area (Å²) in [6.07, 6.45) is -5.99. The van der Waals surface area contributed by atoms with Crippen molar-refractivity contribution in [1.29, 1.82) is 0 Å². The first-order valence-corrected chi connectivity index (χ1v) is 4.78. The second kappa shape index (κ2) is 4.42. The Bertz CT molecular complexity index is 435. The van der Waals surface area contributed by atoms with Gasteiger partial charge in [0.25, 0.3) is 0 Å². The van der Waals surface area contributed by atoms with Gasteiger partial charge in [-0.3, -0.25) is 4.79 Å². The van der Waals surface area contributed by atoms with E-state index in [9.17, 15) is 26.7 Å². The zero-order valence-corrected chi connectivity index (χ0v) is 9.30. The number of hydrogen-bond acceptors (Lipinski definition) is 1. The van der Waals surface area contributed by atoms with Gasteiger partial charge < -0.3 is 0 Å². The average Bonchev–Trinajstić information content (AvgIpc) is 2.15. The highest BCUT2D eigenvalue weighted by molar-refractivity contribution is 6.40. The van der Waals surface area contributed by atoms with Crippen molar-refractivity contribution in [3.63, 3.8) is 0 Å². The monoisotopic (exact) mass is 292 g/mol. The minimum absolute atomic E-state index is 0.563. The third kappa shape index (κ3) is 2.52. The van der Waals surface area contributed by atoms with E-state index in [-0.39, 0.29) is 0 Å². The first-order chi connectivity index (χ1) is 7.59. The van der Waals surface area contributed by atoms with Gasteiger partial charge in [-0.2, -0.15) is 22.0 Å². The molecule has 0 unspecified atom stereocenters. The number of ketones is 1. The molecule has 0 N–H and O–H groups in total. The maximum Gasteiger partial charge on any atom is 0.461 e. The van der Waals surface area contributed by atoms with Crippen LogP contribution >= 0.6 is 23.2 Å². The standard InChI is InChI=1S/C9H3Cl2F5O/c10-4-2-1-3-5(11)6(4)7(17)8(12,13)9(14,15)16/h1-3H. The minimum atomic E-state index is -5.99. The Labute approximate surface area is 102 Å². The number of carbonyl (C=O) groups excluding carboxylic acids is 1. The van der Waals surface area contributed by atoms with Crippen LogP contribution in [0.3, 0.4) is 0 Å². The lowest BCUT2D eigenvalue weighted by Crippen LogP contribution is -2.44. The van der Waals surface area contributed by atoms with Crippen molar-refractivity contribution in [3.05, 3.63) is 33.8 Å². The molecule has 0 saturated heterocycles. The fourth-order valence-corrected chi connectivity index (χ4v) is 1.57. The summed E-state index contributed by atoms with van der Waals surface area (Å²) in [5.41, 5.74) is -1.04. The van der Waals surface area contributed by atoms with Crippen LogP contribution in [-0.2, 0) is 0 Å². The summed E-state index contributed by atoms with van der Waals surface area (Å²) in [6.45, 7) is 0. The third-order valence-electron chi connectivity index (χ3n) is 1.83. The van der Waals surface area contributed by atoms with Crippen LogP contribution < -0.4 is 0 Å². The van der Waals surface area contributed by atoms with E-state index < -0.39 is 33.5 Å². The molecule has 0 aromatic heterocycles. The van der Waals surface area contributed by atoms with Gasteiger partial charge in [-0.15, -0.1) is 0 Å². The van der Waals surface area contributed by atoms with Gasteiger partial charge in [0.2, 0.25) is 5.78 Å². The van der Waals surface area contributed by atoms with Gasteiger partial charge in [-0.05, 0) is 12.1 Å². The molecular weight excluding hydrogens is 290 g/mol. The van der Waals surface area contributed by atoms with Gasteiger partial charge in [-0.1, -0.05) is 29.3 Å². The fraction of sp³-hybridized carbons (Fsp3) is 0.222. The number of benzene rings is 1. The summed E-state index contributed by atoms with van der Waals surface area (Å²) in [6, 6.07) is 3.20. The molecule has 1 aromatic carbocycles. The van der Waals surface area contributed by atoms with E-state index in [0.29, 0.717) is 0 Å². The van der Waals surface area contributed by atoms with E-state index in [0.717, 1.165) is 12.1 Å². The number of hydrogen-bond donors (Lipinski definition) is 0. The van der Waals surface area contributed by atoms with Crippen LogP contribution in [0, 0.1) is 0 Å². The molecule has 0 aliphatic rings. The number of rotatable bonds is 2. The second-order valence-electron chi connectivity index (χ2n) is 3.00. The molecule has 1 nitrogen and oxygen atoms in total. The Morgan fingerprint density at radius 2 is 1.41 bits per heavy atom. The van der Waals surface area contributed by atoms with E-state index in [1.165, 1.54) is 6.07 Å². The fourth-order valence-electron chi connectivity index (χ4n) is 1.00. The Morgan fingerprint density at radius 1 is 1.00 bits per heavy atom. The molecule has 0 saturated carbocycles. The third-order valence-corrected chi connectivity index (χ3v) is 2.46. The zero-order valence-electron chi connectivity index (χ0n) is 7.79. The van der Waals surface area contributed by atoms with Crippen molar-refractivity contribution in [2.75, 3.05) is 0 Å². The van der Waals surface area contributed by atoms with Crippen LogP contribution in [0.5, 0.6) is 0 Å². The van der Waals surface area contributed by atoms with Crippen molar-refractivity contribution in [2.24, 2.45) is 0 Å². The van der Waals surface area contributed by atoms with Crippen molar-refractivity contribution in [1.82, 2.24) is 0 Å². The van der Waals surface area contributed by atoms with Crippen LogP contribution in [0.15, 0.2) is 18.2 Å². The van der Waals surface area contributed by atoms with Gasteiger partial charge >= 0.3 is 12.1 Å². The number of Topliss-reactive ketones (excluding diaryl/α,β-unsaturated/α-hetero) is 1. The van der Waals surface area contributed by atoms with Gasteiger partial charge in [-0.25, -0.2) is 0 Å². The van der Waals surface area contributed by atoms with Crippen molar-refractivity contribution in [2.45, 2.75) is 12.1 Å². The molecule has 17 heavy (non-hydrogen) atoms. The molecule has 0 bridgehead atoms. The maximum absolute atomic E-state index is 12.8. The van der Waals surface area contributed by atoms with Gasteiger partial charge in [0, 0.05) is 0 Å². The zero-order chi connectivity index (χ0) is 13.4. The smallest absolute Gasteiger partial charge is 0.287 e. The van der Waals surface area contributed by atoms with Gasteiger partial charge in [0.15, 0.2) is 0 Å². The minimum Gasteiger partial charge on any atom is -0.287 e. The van der Waals surface area contributed by atoms with Crippen LogP contribution in [0.4, 0.5) is 22.0 Å². The average molecular weight is 293 g/mol. The molecule has 94 valence electrons. The van der Waals surface area contributed by atoms with E-state index >= 15 is 0 Å². The Hall–Kier alpha value is -0.880. The normalized spacial score (nSPS) is 12.6. The molecule has 0 heterocycles. The van der Waals surface area contributed by atoms with E-state index in [1.807, 2.05) is 0 Å². The molecule has 0 aliphatic heterocycles. The Kier molecular flexibility index (Phi) is 3.69. The predicted molar refractivity (Wildman–Crippen MR) is 51.8 cm³/mol. The lowest BCUT2D eigenvalue weighted by molar-refractivity contribution is -0.255. The van der Waals surface area contributed by atoms with E-state index in [1.54, 1.807) is 0 Å². The van der Waals surface area contributed by atoms with Crippen molar-refractivity contribution in [3.8, 4) is 0 Å². The molecule has 0 amide bonds. The maximum atomic E-state index is 12.8. The SMILES string of the molecule is O=C(c1c(Cl)cccc1Cl)C(F)(F)C(F)(F)F. The first-order valence-electron chi connectivity index (χ1n) is 4.02. The highest BCUT2D eigenvalue weighted by atomic mass is 35.5. The molecular formula is C9H3Cl2F5O. The van der Waals surface area contributed by atoms with Gasteiger partial charge in [0.05, 0.1) is 15.6 Å². The Balaban J connectivity index is 3.32. The number of alkyl halides is 5. The first kappa shape index (κ1) is 14.2.